The van der Waals surface area contributed by atoms with Crippen LogP contribution in [0.2, 0.25) is 0 Å². The van der Waals surface area contributed by atoms with E-state index in [-0.39, 0.29) is 30.7 Å². The molecule has 1 aromatic carbocycles. The zero-order valence-electron chi connectivity index (χ0n) is 18.0. The molecule has 166 valence electrons. The van der Waals surface area contributed by atoms with Crippen LogP contribution in [0.1, 0.15) is 47.1 Å². The van der Waals surface area contributed by atoms with Gasteiger partial charge in [-0.3, -0.25) is 14.6 Å². The summed E-state index contributed by atoms with van der Waals surface area (Å²) in [6.07, 6.45) is 5.97. The summed E-state index contributed by atoms with van der Waals surface area (Å²) < 4.78 is 20.2. The first-order valence-corrected chi connectivity index (χ1v) is 10.8. The number of benzene rings is 1. The fraction of sp³-hybridized carbons (Fsp3) is 0.333. The number of hydrogen-bond acceptors (Lipinski definition) is 5. The molecule has 32 heavy (non-hydrogen) atoms. The molecule has 1 amide bonds. The molecule has 0 saturated carbocycles. The third kappa shape index (κ3) is 4.69. The largest absolute Gasteiger partial charge is 0.466 e. The standard InChI is InChI=1S/C24H25FN4O3/c1-2-32-22(30)12-14-28(16-17-5-4-13-26-15-17)24(31)23-20-6-3-7-21(20)29(27-23)19-10-8-18(25)9-11-19/h4-5,8-11,13,15H,2-3,6-7,12,14,16H2,1H3. The van der Waals surface area contributed by atoms with Gasteiger partial charge < -0.3 is 9.64 Å². The third-order valence-electron chi connectivity index (χ3n) is 5.48. The number of carbonyl (C=O) groups excluding carboxylic acids is 2. The Kier molecular flexibility index (Phi) is 6.58. The van der Waals surface area contributed by atoms with Crippen LogP contribution in [0.25, 0.3) is 5.69 Å². The minimum atomic E-state index is -0.349. The highest BCUT2D eigenvalue weighted by Crippen LogP contribution is 2.29. The second-order valence-corrected chi connectivity index (χ2v) is 7.66. The predicted octanol–water partition coefficient (Wildman–Crippen LogP) is 3.49. The van der Waals surface area contributed by atoms with Gasteiger partial charge in [0, 0.05) is 36.7 Å². The van der Waals surface area contributed by atoms with E-state index < -0.39 is 0 Å². The quantitative estimate of drug-likeness (QED) is 0.505. The van der Waals surface area contributed by atoms with Gasteiger partial charge in [0.15, 0.2) is 5.69 Å². The molecule has 0 bridgehead atoms. The van der Waals surface area contributed by atoms with E-state index >= 15 is 0 Å². The molecule has 2 aromatic heterocycles. The number of esters is 1. The molecular formula is C24H25FN4O3. The van der Waals surface area contributed by atoms with Gasteiger partial charge in [-0.1, -0.05) is 6.07 Å². The number of carbonyl (C=O) groups is 2. The first-order valence-electron chi connectivity index (χ1n) is 10.8. The van der Waals surface area contributed by atoms with Gasteiger partial charge in [0.1, 0.15) is 5.82 Å². The number of pyridine rings is 1. The molecule has 0 spiro atoms. The van der Waals surface area contributed by atoms with Crippen LogP contribution in [-0.4, -0.2) is 44.7 Å². The Labute approximate surface area is 185 Å². The predicted molar refractivity (Wildman–Crippen MR) is 116 cm³/mol. The first kappa shape index (κ1) is 21.7. The fourth-order valence-corrected chi connectivity index (χ4v) is 3.98. The summed E-state index contributed by atoms with van der Waals surface area (Å²) in [4.78, 5) is 31.3. The maximum absolute atomic E-state index is 13.6. The topological polar surface area (TPSA) is 77.3 Å². The lowest BCUT2D eigenvalue weighted by Crippen LogP contribution is -2.33. The maximum Gasteiger partial charge on any atom is 0.307 e. The van der Waals surface area contributed by atoms with Gasteiger partial charge in [0.2, 0.25) is 0 Å². The van der Waals surface area contributed by atoms with Crippen molar-refractivity contribution >= 4 is 11.9 Å². The molecule has 0 fully saturated rings. The Morgan fingerprint density at radius 3 is 2.72 bits per heavy atom. The van der Waals surface area contributed by atoms with E-state index in [9.17, 15) is 14.0 Å². The molecule has 1 aliphatic rings. The van der Waals surface area contributed by atoms with Gasteiger partial charge >= 0.3 is 5.97 Å². The summed E-state index contributed by atoms with van der Waals surface area (Å²) in [6.45, 7) is 2.57. The molecular weight excluding hydrogens is 411 g/mol. The highest BCUT2D eigenvalue weighted by molar-refractivity contribution is 5.94. The van der Waals surface area contributed by atoms with E-state index in [0.717, 1.165) is 36.1 Å². The molecule has 7 nitrogen and oxygen atoms in total. The Morgan fingerprint density at radius 1 is 1.19 bits per heavy atom. The summed E-state index contributed by atoms with van der Waals surface area (Å²) in [6, 6.07) is 9.78. The molecule has 0 N–H and O–H groups in total. The van der Waals surface area contributed by atoms with E-state index in [0.29, 0.717) is 24.5 Å². The number of aromatic nitrogens is 3. The van der Waals surface area contributed by atoms with Gasteiger partial charge in [-0.2, -0.15) is 5.10 Å². The van der Waals surface area contributed by atoms with Gasteiger partial charge in [-0.05, 0) is 62.1 Å². The van der Waals surface area contributed by atoms with Crippen molar-refractivity contribution in [3.63, 3.8) is 0 Å². The molecule has 0 unspecified atom stereocenters. The lowest BCUT2D eigenvalue weighted by atomic mass is 10.1. The van der Waals surface area contributed by atoms with Crippen molar-refractivity contribution in [2.24, 2.45) is 0 Å². The molecule has 3 aromatic rings. The summed E-state index contributed by atoms with van der Waals surface area (Å²) in [5.41, 5.74) is 3.86. The van der Waals surface area contributed by atoms with Crippen molar-refractivity contribution in [1.82, 2.24) is 19.7 Å². The third-order valence-corrected chi connectivity index (χ3v) is 5.48. The Hall–Kier alpha value is -3.55. The second-order valence-electron chi connectivity index (χ2n) is 7.66. The molecule has 4 rings (SSSR count). The smallest absolute Gasteiger partial charge is 0.307 e. The average Bonchev–Trinajstić information content (AvgIpc) is 3.41. The molecule has 2 heterocycles. The van der Waals surface area contributed by atoms with Crippen LogP contribution in [0.4, 0.5) is 4.39 Å². The minimum absolute atomic E-state index is 0.0979. The van der Waals surface area contributed by atoms with Crippen LogP contribution in [-0.2, 0) is 28.9 Å². The van der Waals surface area contributed by atoms with E-state index in [4.69, 9.17) is 4.74 Å². The van der Waals surface area contributed by atoms with Crippen molar-refractivity contribution in [2.75, 3.05) is 13.2 Å². The van der Waals surface area contributed by atoms with Gasteiger partial charge in [-0.25, -0.2) is 9.07 Å². The van der Waals surface area contributed by atoms with Crippen LogP contribution >= 0.6 is 0 Å². The van der Waals surface area contributed by atoms with Crippen LogP contribution in [0.5, 0.6) is 0 Å². The summed E-state index contributed by atoms with van der Waals surface area (Å²) >= 11 is 0. The van der Waals surface area contributed by atoms with Crippen molar-refractivity contribution in [3.8, 4) is 5.69 Å². The first-order chi connectivity index (χ1) is 15.6. The van der Waals surface area contributed by atoms with Gasteiger partial charge in [-0.15, -0.1) is 0 Å². The highest BCUT2D eigenvalue weighted by Gasteiger charge is 2.30. The van der Waals surface area contributed by atoms with Crippen molar-refractivity contribution < 1.29 is 18.7 Å². The second kappa shape index (κ2) is 9.72. The number of rotatable bonds is 8. The lowest BCUT2D eigenvalue weighted by Gasteiger charge is -2.22. The number of hydrogen-bond donors (Lipinski definition) is 0. The Bertz CT molecular complexity index is 1100. The summed E-state index contributed by atoms with van der Waals surface area (Å²) in [5, 5.41) is 4.63. The SMILES string of the molecule is CCOC(=O)CCN(Cc1cccnc1)C(=O)c1nn(-c2ccc(F)cc2)c2c1CCC2. The minimum Gasteiger partial charge on any atom is -0.466 e. The van der Waals surface area contributed by atoms with E-state index in [1.807, 2.05) is 12.1 Å². The van der Waals surface area contributed by atoms with Crippen LogP contribution in [0.15, 0.2) is 48.8 Å². The zero-order chi connectivity index (χ0) is 22.5. The monoisotopic (exact) mass is 436 g/mol. The summed E-state index contributed by atoms with van der Waals surface area (Å²) in [5.74, 6) is -0.911. The van der Waals surface area contributed by atoms with Crippen LogP contribution in [0.3, 0.4) is 0 Å². The number of amides is 1. The van der Waals surface area contributed by atoms with Gasteiger partial charge in [0.05, 0.1) is 18.7 Å². The van der Waals surface area contributed by atoms with Crippen molar-refractivity contribution in [2.45, 2.75) is 39.2 Å². The molecule has 0 radical (unpaired) electrons. The number of ether oxygens (including phenoxy) is 1. The number of fused-ring (bicyclic) bond motifs is 1. The zero-order valence-corrected chi connectivity index (χ0v) is 18.0. The normalized spacial score (nSPS) is 12.4. The van der Waals surface area contributed by atoms with Crippen molar-refractivity contribution in [1.29, 1.82) is 0 Å². The molecule has 1 aliphatic carbocycles. The lowest BCUT2D eigenvalue weighted by molar-refractivity contribution is -0.143. The number of halogens is 1. The highest BCUT2D eigenvalue weighted by atomic mass is 19.1. The fourth-order valence-electron chi connectivity index (χ4n) is 3.98. The summed E-state index contributed by atoms with van der Waals surface area (Å²) in [7, 11) is 0. The Morgan fingerprint density at radius 2 is 2.00 bits per heavy atom. The van der Waals surface area contributed by atoms with Crippen LogP contribution < -0.4 is 0 Å². The number of nitrogens with zero attached hydrogens (tertiary/aromatic N) is 4. The Balaban J connectivity index is 1.64. The van der Waals surface area contributed by atoms with E-state index in [2.05, 4.69) is 10.1 Å². The molecule has 0 saturated heterocycles. The van der Waals surface area contributed by atoms with Crippen molar-refractivity contribution in [3.05, 3.63) is 77.1 Å². The molecule has 0 aliphatic heterocycles. The van der Waals surface area contributed by atoms with Crippen LogP contribution in [0, 0.1) is 5.82 Å². The van der Waals surface area contributed by atoms with E-state index in [1.165, 1.54) is 12.1 Å². The molecule has 8 heteroatoms. The molecule has 0 atom stereocenters. The maximum atomic E-state index is 13.6. The van der Waals surface area contributed by atoms with E-state index in [1.54, 1.807) is 41.0 Å². The average molecular weight is 436 g/mol. The van der Waals surface area contributed by atoms with Gasteiger partial charge in [0.25, 0.3) is 5.91 Å².